The fraction of sp³-hybridized carbons (Fsp3) is 0.368. The van der Waals surface area contributed by atoms with E-state index in [4.69, 9.17) is 0 Å². The summed E-state index contributed by atoms with van der Waals surface area (Å²) in [5.74, 6) is 1.04. The highest BCUT2D eigenvalue weighted by atomic mass is 35.5. The molecule has 3 aromatic rings. The van der Waals surface area contributed by atoms with E-state index < -0.39 is 0 Å². The lowest BCUT2D eigenvalue weighted by Gasteiger charge is -2.36. The highest BCUT2D eigenvalue weighted by Gasteiger charge is 2.17. The smallest absolute Gasteiger partial charge is 0.195 e. The van der Waals surface area contributed by atoms with Crippen molar-refractivity contribution >= 4 is 60.3 Å². The number of halogens is 3. The van der Waals surface area contributed by atoms with Crippen LogP contribution in [0, 0.1) is 6.92 Å². The van der Waals surface area contributed by atoms with Crippen LogP contribution in [0.25, 0.3) is 5.65 Å². The maximum Gasteiger partial charge on any atom is 0.195 e. The molecule has 28 heavy (non-hydrogen) atoms. The van der Waals surface area contributed by atoms with Crippen molar-refractivity contribution in [2.24, 2.45) is 0 Å². The summed E-state index contributed by atoms with van der Waals surface area (Å²) in [7, 11) is 0. The molecule has 1 fully saturated rings. The molecule has 1 aromatic carbocycles. The van der Waals surface area contributed by atoms with Gasteiger partial charge in [-0.3, -0.25) is 9.30 Å². The lowest BCUT2D eigenvalue weighted by atomic mass is 10.2. The molecule has 3 heterocycles. The molecule has 4 rings (SSSR count). The highest BCUT2D eigenvalue weighted by Crippen LogP contribution is 2.19. The predicted molar refractivity (Wildman–Crippen MR) is 125 cm³/mol. The Morgan fingerprint density at radius 2 is 1.61 bits per heavy atom. The van der Waals surface area contributed by atoms with Crippen LogP contribution in [0.15, 0.2) is 53.8 Å². The molecular weight excluding hydrogens is 437 g/mol. The fourth-order valence-corrected chi connectivity index (χ4v) is 4.09. The summed E-state index contributed by atoms with van der Waals surface area (Å²) < 4.78 is 2.06. The van der Waals surface area contributed by atoms with Gasteiger partial charge in [-0.2, -0.15) is 0 Å². The zero-order valence-electron chi connectivity index (χ0n) is 15.7. The number of benzene rings is 1. The van der Waals surface area contributed by atoms with Gasteiger partial charge >= 0.3 is 0 Å². The van der Waals surface area contributed by atoms with Crippen molar-refractivity contribution in [1.82, 2.24) is 19.5 Å². The van der Waals surface area contributed by atoms with E-state index in [-0.39, 0.29) is 37.2 Å². The molecule has 0 spiro atoms. The van der Waals surface area contributed by atoms with Gasteiger partial charge in [0.2, 0.25) is 0 Å². The third-order valence-corrected chi connectivity index (χ3v) is 5.62. The van der Waals surface area contributed by atoms with Crippen LogP contribution in [0.2, 0.25) is 0 Å². The number of rotatable bonds is 5. The summed E-state index contributed by atoms with van der Waals surface area (Å²) >= 11 is 1.78. The third kappa shape index (κ3) is 5.91. The van der Waals surface area contributed by atoms with Crippen LogP contribution < -0.4 is 4.90 Å². The van der Waals surface area contributed by atoms with E-state index >= 15 is 0 Å². The zero-order chi connectivity index (χ0) is 17.1. The number of anilines is 1. The minimum absolute atomic E-state index is 0. The first-order valence-electron chi connectivity index (χ1n) is 8.76. The Bertz CT molecular complexity index is 835. The first-order valence-corrected chi connectivity index (χ1v) is 9.75. The van der Waals surface area contributed by atoms with E-state index in [0.717, 1.165) is 49.3 Å². The second-order valence-corrected chi connectivity index (χ2v) is 7.49. The molecule has 1 saturated heterocycles. The van der Waals surface area contributed by atoms with Crippen molar-refractivity contribution in [1.29, 1.82) is 0 Å². The number of thioether (sulfide) groups is 1. The molecule has 9 heteroatoms. The molecule has 154 valence electrons. The minimum Gasteiger partial charge on any atom is -0.369 e. The van der Waals surface area contributed by atoms with Crippen molar-refractivity contribution in [3.05, 3.63) is 54.2 Å². The Labute approximate surface area is 189 Å². The monoisotopic (exact) mass is 461 g/mol. The first kappa shape index (κ1) is 24.9. The van der Waals surface area contributed by atoms with Crippen LogP contribution in [0.3, 0.4) is 0 Å². The molecule has 0 bridgehead atoms. The van der Waals surface area contributed by atoms with E-state index in [1.165, 1.54) is 11.3 Å². The molecule has 0 atom stereocenters. The van der Waals surface area contributed by atoms with Crippen LogP contribution in [0.1, 0.15) is 5.56 Å². The van der Waals surface area contributed by atoms with E-state index in [2.05, 4.69) is 55.6 Å². The zero-order valence-corrected chi connectivity index (χ0v) is 19.0. The Kier molecular flexibility index (Phi) is 10.4. The summed E-state index contributed by atoms with van der Waals surface area (Å²) in [6.07, 6.45) is 2.03. The van der Waals surface area contributed by atoms with Gasteiger partial charge in [0.1, 0.15) is 0 Å². The SMILES string of the molecule is Cc1ccc(N2CCN(CCSc3nnc4ccccn34)CC2)cc1.Cl.Cl.Cl. The summed E-state index contributed by atoms with van der Waals surface area (Å²) in [6.45, 7) is 7.67. The molecule has 0 saturated carbocycles. The number of fused-ring (bicyclic) bond motifs is 1. The van der Waals surface area contributed by atoms with Crippen molar-refractivity contribution in [2.45, 2.75) is 12.1 Å². The third-order valence-electron chi connectivity index (χ3n) is 4.69. The van der Waals surface area contributed by atoms with Crippen LogP contribution in [-0.4, -0.2) is 58.0 Å². The summed E-state index contributed by atoms with van der Waals surface area (Å²) in [6, 6.07) is 14.9. The Hall–Kier alpha value is -1.18. The van der Waals surface area contributed by atoms with Crippen molar-refractivity contribution in [3.8, 4) is 0 Å². The second-order valence-electron chi connectivity index (χ2n) is 6.42. The minimum atomic E-state index is 0. The van der Waals surface area contributed by atoms with Gasteiger partial charge in [0.05, 0.1) is 0 Å². The normalized spacial score (nSPS) is 14.1. The number of nitrogens with zero attached hydrogens (tertiary/aromatic N) is 5. The molecule has 0 aliphatic carbocycles. The molecule has 2 aromatic heterocycles. The standard InChI is InChI=1S/C19H23N5S.3ClH/c1-16-5-7-17(8-6-16)23-12-10-22(11-13-23)14-15-25-19-21-20-18-4-2-3-9-24(18)19;;;/h2-9H,10-15H2,1H3;3*1H. The molecular formula is C19H26Cl3N5S. The first-order chi connectivity index (χ1) is 12.3. The van der Waals surface area contributed by atoms with Gasteiger partial charge in [-0.05, 0) is 31.2 Å². The molecule has 0 unspecified atom stereocenters. The highest BCUT2D eigenvalue weighted by molar-refractivity contribution is 7.99. The van der Waals surface area contributed by atoms with Gasteiger partial charge < -0.3 is 4.90 Å². The number of aromatic nitrogens is 3. The summed E-state index contributed by atoms with van der Waals surface area (Å²) in [5.41, 5.74) is 3.58. The maximum atomic E-state index is 4.29. The number of aryl methyl sites for hydroxylation is 1. The van der Waals surface area contributed by atoms with Gasteiger partial charge in [-0.1, -0.05) is 35.5 Å². The maximum absolute atomic E-state index is 4.29. The van der Waals surface area contributed by atoms with Crippen LogP contribution in [0.5, 0.6) is 0 Å². The van der Waals surface area contributed by atoms with E-state index in [1.54, 1.807) is 11.8 Å². The van der Waals surface area contributed by atoms with Crippen LogP contribution in [0.4, 0.5) is 5.69 Å². The average molecular weight is 463 g/mol. The molecule has 0 amide bonds. The lowest BCUT2D eigenvalue weighted by molar-refractivity contribution is 0.273. The Morgan fingerprint density at radius 3 is 2.32 bits per heavy atom. The van der Waals surface area contributed by atoms with E-state index in [9.17, 15) is 0 Å². The number of piperazine rings is 1. The van der Waals surface area contributed by atoms with Crippen molar-refractivity contribution < 1.29 is 0 Å². The Balaban J connectivity index is 0.00000131. The second kappa shape index (κ2) is 11.7. The van der Waals surface area contributed by atoms with Crippen molar-refractivity contribution in [3.63, 3.8) is 0 Å². The van der Waals surface area contributed by atoms with Gasteiger partial charge in [-0.15, -0.1) is 47.4 Å². The van der Waals surface area contributed by atoms with Gasteiger partial charge in [-0.25, -0.2) is 0 Å². The van der Waals surface area contributed by atoms with Gasteiger partial charge in [0, 0.05) is 50.4 Å². The predicted octanol–water partition coefficient (Wildman–Crippen LogP) is 4.22. The Morgan fingerprint density at radius 1 is 0.893 bits per heavy atom. The largest absolute Gasteiger partial charge is 0.369 e. The lowest BCUT2D eigenvalue weighted by Crippen LogP contribution is -2.47. The molecule has 0 radical (unpaired) electrons. The fourth-order valence-electron chi connectivity index (χ4n) is 3.17. The summed E-state index contributed by atoms with van der Waals surface area (Å²) in [4.78, 5) is 5.02. The van der Waals surface area contributed by atoms with E-state index in [1.807, 2.05) is 24.4 Å². The molecule has 0 N–H and O–H groups in total. The summed E-state index contributed by atoms with van der Waals surface area (Å²) in [5, 5.41) is 9.47. The van der Waals surface area contributed by atoms with Crippen LogP contribution >= 0.6 is 49.0 Å². The topological polar surface area (TPSA) is 36.7 Å². The number of hydrogen-bond donors (Lipinski definition) is 0. The molecule has 1 aliphatic heterocycles. The number of hydrogen-bond acceptors (Lipinski definition) is 5. The van der Waals surface area contributed by atoms with Crippen LogP contribution in [-0.2, 0) is 0 Å². The van der Waals surface area contributed by atoms with Gasteiger partial charge in [0.15, 0.2) is 10.8 Å². The molecule has 1 aliphatic rings. The quantitative estimate of drug-likeness (QED) is 0.531. The molecule has 5 nitrogen and oxygen atoms in total. The average Bonchev–Trinajstić information content (AvgIpc) is 3.06. The van der Waals surface area contributed by atoms with Gasteiger partial charge in [0.25, 0.3) is 0 Å². The van der Waals surface area contributed by atoms with E-state index in [0.29, 0.717) is 0 Å². The number of pyridine rings is 1. The van der Waals surface area contributed by atoms with Crippen molar-refractivity contribution in [2.75, 3.05) is 43.4 Å².